The van der Waals surface area contributed by atoms with Crippen LogP contribution in [0.4, 0.5) is 11.4 Å². The van der Waals surface area contributed by atoms with Gasteiger partial charge >= 0.3 is 0 Å². The molecular weight excluding hydrogens is 258 g/mol. The molecule has 0 aliphatic heterocycles. The molecule has 1 fully saturated rings. The lowest BCUT2D eigenvalue weighted by Gasteiger charge is -2.14. The lowest BCUT2D eigenvalue weighted by molar-refractivity contribution is -0.384. The normalized spacial score (nSPS) is 21.5. The van der Waals surface area contributed by atoms with Crippen molar-refractivity contribution in [2.45, 2.75) is 32.2 Å². The molecule has 2 N–H and O–H groups in total. The highest BCUT2D eigenvalue weighted by Crippen LogP contribution is 2.26. The van der Waals surface area contributed by atoms with Gasteiger partial charge in [0.05, 0.1) is 10.5 Å². The van der Waals surface area contributed by atoms with Crippen LogP contribution in [-0.2, 0) is 0 Å². The molecule has 1 aromatic rings. The van der Waals surface area contributed by atoms with Crippen molar-refractivity contribution in [2.24, 2.45) is 5.92 Å². The van der Waals surface area contributed by atoms with Gasteiger partial charge in [0.25, 0.3) is 11.6 Å². The van der Waals surface area contributed by atoms with Crippen molar-refractivity contribution in [1.82, 2.24) is 5.32 Å². The van der Waals surface area contributed by atoms with Crippen LogP contribution in [0.15, 0.2) is 18.2 Å². The highest BCUT2D eigenvalue weighted by atomic mass is 16.6. The van der Waals surface area contributed by atoms with E-state index in [1.165, 1.54) is 12.1 Å². The van der Waals surface area contributed by atoms with E-state index < -0.39 is 4.92 Å². The predicted molar refractivity (Wildman–Crippen MR) is 76.9 cm³/mol. The van der Waals surface area contributed by atoms with Gasteiger partial charge in [0, 0.05) is 30.9 Å². The smallest absolute Gasteiger partial charge is 0.270 e. The van der Waals surface area contributed by atoms with Gasteiger partial charge in [0.15, 0.2) is 0 Å². The van der Waals surface area contributed by atoms with E-state index in [-0.39, 0.29) is 17.6 Å². The molecule has 1 saturated carbocycles. The van der Waals surface area contributed by atoms with Crippen LogP contribution in [0.1, 0.15) is 36.5 Å². The molecule has 108 valence electrons. The average molecular weight is 277 g/mol. The number of nitrogens with zero attached hydrogens (tertiary/aromatic N) is 1. The second-order valence-electron chi connectivity index (χ2n) is 5.33. The zero-order valence-electron chi connectivity index (χ0n) is 11.7. The van der Waals surface area contributed by atoms with E-state index in [4.69, 9.17) is 0 Å². The van der Waals surface area contributed by atoms with Gasteiger partial charge in [-0.3, -0.25) is 14.9 Å². The number of hydrogen-bond acceptors (Lipinski definition) is 4. The van der Waals surface area contributed by atoms with E-state index in [1.54, 1.807) is 13.1 Å². The van der Waals surface area contributed by atoms with E-state index >= 15 is 0 Å². The minimum atomic E-state index is -0.492. The van der Waals surface area contributed by atoms with Crippen LogP contribution >= 0.6 is 0 Å². The summed E-state index contributed by atoms with van der Waals surface area (Å²) in [5.74, 6) is 0.367. The Morgan fingerprint density at radius 3 is 2.70 bits per heavy atom. The second kappa shape index (κ2) is 5.90. The van der Waals surface area contributed by atoms with Gasteiger partial charge in [-0.2, -0.15) is 0 Å². The molecule has 6 heteroatoms. The number of rotatable bonds is 4. The topological polar surface area (TPSA) is 84.3 Å². The molecule has 1 aromatic carbocycles. The van der Waals surface area contributed by atoms with Crippen molar-refractivity contribution >= 4 is 17.3 Å². The predicted octanol–water partition coefficient (Wildman–Crippen LogP) is 2.55. The Morgan fingerprint density at radius 1 is 1.40 bits per heavy atom. The maximum atomic E-state index is 12.3. The molecule has 1 aliphatic rings. The number of hydrogen-bond donors (Lipinski definition) is 2. The molecule has 0 saturated heterocycles. The van der Waals surface area contributed by atoms with Crippen LogP contribution in [0.25, 0.3) is 0 Å². The summed E-state index contributed by atoms with van der Waals surface area (Å²) in [5, 5.41) is 16.7. The summed E-state index contributed by atoms with van der Waals surface area (Å²) in [6.07, 6.45) is 3.05. The van der Waals surface area contributed by atoms with Gasteiger partial charge in [-0.15, -0.1) is 0 Å². The second-order valence-corrected chi connectivity index (χ2v) is 5.33. The maximum Gasteiger partial charge on any atom is 0.270 e. The molecule has 2 unspecified atom stereocenters. The lowest BCUT2D eigenvalue weighted by atomic mass is 10.1. The van der Waals surface area contributed by atoms with E-state index in [0.29, 0.717) is 17.2 Å². The Labute approximate surface area is 117 Å². The third kappa shape index (κ3) is 3.07. The Bertz CT molecular complexity index is 530. The van der Waals surface area contributed by atoms with Crippen molar-refractivity contribution < 1.29 is 9.72 Å². The van der Waals surface area contributed by atoms with Crippen molar-refractivity contribution in [1.29, 1.82) is 0 Å². The fourth-order valence-electron chi connectivity index (χ4n) is 2.65. The summed E-state index contributed by atoms with van der Waals surface area (Å²) < 4.78 is 0. The van der Waals surface area contributed by atoms with E-state index in [1.807, 2.05) is 0 Å². The summed E-state index contributed by atoms with van der Waals surface area (Å²) in [4.78, 5) is 22.6. The van der Waals surface area contributed by atoms with Crippen molar-refractivity contribution in [3.8, 4) is 0 Å². The molecule has 2 rings (SSSR count). The molecule has 0 spiro atoms. The number of anilines is 1. The van der Waals surface area contributed by atoms with Gasteiger partial charge in [-0.25, -0.2) is 0 Å². The summed E-state index contributed by atoms with van der Waals surface area (Å²) in [7, 11) is 1.69. The standard InChI is InChI=1S/C14H19N3O3/c1-9-3-4-10(7-9)16-14(18)12-8-11(17(19)20)5-6-13(12)15-2/h5-6,8-10,15H,3-4,7H2,1-2H3,(H,16,18). The monoisotopic (exact) mass is 277 g/mol. The summed E-state index contributed by atoms with van der Waals surface area (Å²) >= 11 is 0. The van der Waals surface area contributed by atoms with Crippen molar-refractivity contribution in [3.05, 3.63) is 33.9 Å². The first-order valence-corrected chi connectivity index (χ1v) is 6.78. The molecule has 0 heterocycles. The average Bonchev–Trinajstić information content (AvgIpc) is 2.83. The summed E-state index contributed by atoms with van der Waals surface area (Å²) in [5.41, 5.74) is 0.842. The molecule has 1 amide bonds. The van der Waals surface area contributed by atoms with Crippen LogP contribution in [0.2, 0.25) is 0 Å². The van der Waals surface area contributed by atoms with E-state index in [9.17, 15) is 14.9 Å². The molecule has 0 radical (unpaired) electrons. The fourth-order valence-corrected chi connectivity index (χ4v) is 2.65. The number of benzene rings is 1. The number of nitro benzene ring substituents is 1. The van der Waals surface area contributed by atoms with Crippen LogP contribution in [0.3, 0.4) is 0 Å². The number of carbonyl (C=O) groups excluding carboxylic acids is 1. The van der Waals surface area contributed by atoms with E-state index in [0.717, 1.165) is 19.3 Å². The first-order chi connectivity index (χ1) is 9.51. The third-order valence-corrected chi connectivity index (χ3v) is 3.76. The SMILES string of the molecule is CNc1ccc([N+](=O)[O-])cc1C(=O)NC1CCC(C)C1. The first-order valence-electron chi connectivity index (χ1n) is 6.78. The van der Waals surface area contributed by atoms with Crippen molar-refractivity contribution in [2.75, 3.05) is 12.4 Å². The number of non-ortho nitro benzene ring substituents is 1. The van der Waals surface area contributed by atoms with Crippen LogP contribution in [0.5, 0.6) is 0 Å². The molecular formula is C14H19N3O3. The Morgan fingerprint density at radius 2 is 2.15 bits per heavy atom. The van der Waals surface area contributed by atoms with Gasteiger partial charge in [0.2, 0.25) is 0 Å². The highest BCUT2D eigenvalue weighted by Gasteiger charge is 2.24. The zero-order chi connectivity index (χ0) is 14.7. The third-order valence-electron chi connectivity index (χ3n) is 3.76. The Hall–Kier alpha value is -2.11. The Balaban J connectivity index is 2.19. The fraction of sp³-hybridized carbons (Fsp3) is 0.500. The van der Waals surface area contributed by atoms with Gasteiger partial charge in [-0.1, -0.05) is 6.92 Å². The summed E-state index contributed by atoms with van der Waals surface area (Å²) in [6.45, 7) is 2.17. The molecule has 1 aliphatic carbocycles. The zero-order valence-corrected chi connectivity index (χ0v) is 11.7. The molecule has 6 nitrogen and oxygen atoms in total. The summed E-state index contributed by atoms with van der Waals surface area (Å²) in [6, 6.07) is 4.44. The van der Waals surface area contributed by atoms with Gasteiger partial charge < -0.3 is 10.6 Å². The minimum absolute atomic E-state index is 0.0751. The van der Waals surface area contributed by atoms with Crippen LogP contribution in [-0.4, -0.2) is 23.9 Å². The molecule has 0 bridgehead atoms. The Kier molecular flexibility index (Phi) is 4.22. The van der Waals surface area contributed by atoms with E-state index in [2.05, 4.69) is 17.6 Å². The molecule has 0 aromatic heterocycles. The number of nitrogens with one attached hydrogen (secondary N) is 2. The number of carbonyl (C=O) groups is 1. The van der Waals surface area contributed by atoms with Gasteiger partial charge in [0.1, 0.15) is 0 Å². The molecule has 2 atom stereocenters. The number of nitro groups is 1. The lowest BCUT2D eigenvalue weighted by Crippen LogP contribution is -2.33. The maximum absolute atomic E-state index is 12.3. The van der Waals surface area contributed by atoms with Crippen LogP contribution in [0, 0.1) is 16.0 Å². The molecule has 20 heavy (non-hydrogen) atoms. The van der Waals surface area contributed by atoms with Gasteiger partial charge in [-0.05, 0) is 31.2 Å². The number of amides is 1. The first kappa shape index (κ1) is 14.3. The van der Waals surface area contributed by atoms with Crippen molar-refractivity contribution in [3.63, 3.8) is 0 Å². The quantitative estimate of drug-likeness (QED) is 0.654. The highest BCUT2D eigenvalue weighted by molar-refractivity contribution is 6.00. The minimum Gasteiger partial charge on any atom is -0.387 e. The van der Waals surface area contributed by atoms with Crippen LogP contribution < -0.4 is 10.6 Å². The largest absolute Gasteiger partial charge is 0.387 e.